The van der Waals surface area contributed by atoms with Gasteiger partial charge < -0.3 is 10.6 Å². The second-order valence-electron chi connectivity index (χ2n) is 7.09. The lowest BCUT2D eigenvalue weighted by atomic mass is 10.0. The zero-order valence-corrected chi connectivity index (χ0v) is 15.1. The van der Waals surface area contributed by atoms with Crippen LogP contribution in [0.1, 0.15) is 43.4 Å². The molecule has 0 bridgehead atoms. The maximum atomic E-state index is 13.1. The number of nitrogens with one attached hydrogen (secondary N) is 2. The first-order valence-corrected chi connectivity index (χ1v) is 9.11. The molecule has 0 radical (unpaired) electrons. The standard InChI is InChI=1S/C21H23F3N2O/c1-14(25-20(16-11-12-16)15-7-3-2-4-8-15)13-19(27)26-18-10-6-5-9-17(18)21(22,23)24/h2-10,14,16,20,25H,11-13H2,1H3,(H,26,27). The van der Waals surface area contributed by atoms with Crippen molar-refractivity contribution in [3.63, 3.8) is 0 Å². The summed E-state index contributed by atoms with van der Waals surface area (Å²) in [4.78, 5) is 12.3. The van der Waals surface area contributed by atoms with E-state index in [0.717, 1.165) is 18.9 Å². The molecule has 0 spiro atoms. The molecular weight excluding hydrogens is 353 g/mol. The molecule has 3 nitrogen and oxygen atoms in total. The highest BCUT2D eigenvalue weighted by Crippen LogP contribution is 2.41. The fourth-order valence-electron chi connectivity index (χ4n) is 3.28. The van der Waals surface area contributed by atoms with E-state index in [-0.39, 0.29) is 24.2 Å². The van der Waals surface area contributed by atoms with Crippen LogP contribution >= 0.6 is 0 Å². The number of rotatable bonds is 7. The van der Waals surface area contributed by atoms with Crippen LogP contribution in [0.3, 0.4) is 0 Å². The first-order valence-electron chi connectivity index (χ1n) is 9.11. The van der Waals surface area contributed by atoms with E-state index in [2.05, 4.69) is 22.8 Å². The molecule has 0 heterocycles. The maximum absolute atomic E-state index is 13.1. The molecule has 144 valence electrons. The number of halogens is 3. The third kappa shape index (κ3) is 5.32. The molecule has 2 unspecified atom stereocenters. The van der Waals surface area contributed by atoms with Gasteiger partial charge >= 0.3 is 6.18 Å². The Morgan fingerprint density at radius 1 is 1.07 bits per heavy atom. The Labute approximate surface area is 157 Å². The van der Waals surface area contributed by atoms with Gasteiger partial charge in [0.1, 0.15) is 0 Å². The summed E-state index contributed by atoms with van der Waals surface area (Å²) in [6.07, 6.45) is -2.12. The topological polar surface area (TPSA) is 41.1 Å². The van der Waals surface area contributed by atoms with Crippen molar-refractivity contribution in [2.24, 2.45) is 5.92 Å². The molecule has 2 N–H and O–H groups in total. The molecule has 2 aromatic carbocycles. The smallest absolute Gasteiger partial charge is 0.325 e. The predicted octanol–water partition coefficient (Wildman–Crippen LogP) is 5.16. The van der Waals surface area contributed by atoms with E-state index in [9.17, 15) is 18.0 Å². The van der Waals surface area contributed by atoms with Crippen molar-refractivity contribution in [2.45, 2.75) is 44.4 Å². The van der Waals surface area contributed by atoms with Crippen LogP contribution in [-0.4, -0.2) is 11.9 Å². The summed E-state index contributed by atoms with van der Waals surface area (Å²) in [6, 6.07) is 15.1. The number of carbonyl (C=O) groups excluding carboxylic acids is 1. The van der Waals surface area contributed by atoms with Crippen LogP contribution in [0, 0.1) is 5.92 Å². The van der Waals surface area contributed by atoms with Gasteiger partial charge in [0, 0.05) is 18.5 Å². The molecule has 0 aromatic heterocycles. The first-order chi connectivity index (χ1) is 12.8. The number of anilines is 1. The minimum absolute atomic E-state index is 0.0994. The highest BCUT2D eigenvalue weighted by Gasteiger charge is 2.34. The van der Waals surface area contributed by atoms with Crippen molar-refractivity contribution >= 4 is 11.6 Å². The summed E-state index contributed by atoms with van der Waals surface area (Å²) < 4.78 is 39.2. The van der Waals surface area contributed by atoms with Crippen molar-refractivity contribution in [2.75, 3.05) is 5.32 Å². The van der Waals surface area contributed by atoms with Gasteiger partial charge in [-0.25, -0.2) is 0 Å². The lowest BCUT2D eigenvalue weighted by Crippen LogP contribution is -2.35. The lowest BCUT2D eigenvalue weighted by molar-refractivity contribution is -0.137. The monoisotopic (exact) mass is 376 g/mol. The highest BCUT2D eigenvalue weighted by atomic mass is 19.4. The first kappa shape index (κ1) is 19.4. The van der Waals surface area contributed by atoms with Gasteiger partial charge in [0.2, 0.25) is 5.91 Å². The second kappa shape index (κ2) is 8.13. The summed E-state index contributed by atoms with van der Waals surface area (Å²) in [5.74, 6) is 0.109. The number of carbonyl (C=O) groups is 1. The molecule has 2 aromatic rings. The number of para-hydroxylation sites is 1. The summed E-state index contributed by atoms with van der Waals surface area (Å²) in [5.41, 5.74) is 0.137. The quantitative estimate of drug-likeness (QED) is 0.700. The average molecular weight is 376 g/mol. The van der Waals surface area contributed by atoms with Gasteiger partial charge in [-0.05, 0) is 43.4 Å². The Hall–Kier alpha value is -2.34. The van der Waals surface area contributed by atoms with Gasteiger partial charge in [-0.1, -0.05) is 42.5 Å². The van der Waals surface area contributed by atoms with Crippen molar-refractivity contribution < 1.29 is 18.0 Å². The Morgan fingerprint density at radius 3 is 2.33 bits per heavy atom. The number of hydrogen-bond acceptors (Lipinski definition) is 2. The van der Waals surface area contributed by atoms with Crippen LogP contribution < -0.4 is 10.6 Å². The largest absolute Gasteiger partial charge is 0.418 e. The highest BCUT2D eigenvalue weighted by molar-refractivity contribution is 5.92. The van der Waals surface area contributed by atoms with Crippen molar-refractivity contribution in [3.8, 4) is 0 Å². The van der Waals surface area contributed by atoms with E-state index in [1.165, 1.54) is 23.8 Å². The third-order valence-electron chi connectivity index (χ3n) is 4.71. The van der Waals surface area contributed by atoms with Gasteiger partial charge in [0.25, 0.3) is 0 Å². The molecule has 1 aliphatic rings. The molecule has 1 aliphatic carbocycles. The zero-order chi connectivity index (χ0) is 19.4. The average Bonchev–Trinajstić information content (AvgIpc) is 3.45. The maximum Gasteiger partial charge on any atom is 0.418 e. The van der Waals surface area contributed by atoms with E-state index < -0.39 is 17.6 Å². The van der Waals surface area contributed by atoms with Crippen molar-refractivity contribution in [1.82, 2.24) is 5.32 Å². The van der Waals surface area contributed by atoms with Crippen molar-refractivity contribution in [1.29, 1.82) is 0 Å². The van der Waals surface area contributed by atoms with Crippen LogP contribution in [0.2, 0.25) is 0 Å². The molecule has 6 heteroatoms. The molecular formula is C21H23F3N2O. The van der Waals surface area contributed by atoms with Gasteiger partial charge in [0.05, 0.1) is 11.3 Å². The lowest BCUT2D eigenvalue weighted by Gasteiger charge is -2.24. The normalized spacial score (nSPS) is 16.6. The molecule has 0 saturated heterocycles. The van der Waals surface area contributed by atoms with Crippen LogP contribution in [-0.2, 0) is 11.0 Å². The van der Waals surface area contributed by atoms with E-state index in [0.29, 0.717) is 5.92 Å². The summed E-state index contributed by atoms with van der Waals surface area (Å²) >= 11 is 0. The molecule has 27 heavy (non-hydrogen) atoms. The molecule has 1 amide bonds. The Morgan fingerprint density at radius 2 is 1.70 bits per heavy atom. The number of benzene rings is 2. The van der Waals surface area contributed by atoms with Gasteiger partial charge in [-0.15, -0.1) is 0 Å². The fraction of sp³-hybridized carbons (Fsp3) is 0.381. The minimum Gasteiger partial charge on any atom is -0.325 e. The van der Waals surface area contributed by atoms with Gasteiger partial charge in [0.15, 0.2) is 0 Å². The second-order valence-corrected chi connectivity index (χ2v) is 7.09. The van der Waals surface area contributed by atoms with Gasteiger partial charge in [-0.2, -0.15) is 13.2 Å². The van der Waals surface area contributed by atoms with Crippen LogP contribution in [0.5, 0.6) is 0 Å². The van der Waals surface area contributed by atoms with Crippen molar-refractivity contribution in [3.05, 3.63) is 65.7 Å². The Kier molecular flexibility index (Phi) is 5.85. The van der Waals surface area contributed by atoms with E-state index >= 15 is 0 Å². The number of hydrogen-bond donors (Lipinski definition) is 2. The Bertz CT molecular complexity index is 772. The van der Waals surface area contributed by atoms with E-state index in [4.69, 9.17) is 0 Å². The summed E-state index contributed by atoms with van der Waals surface area (Å²) in [5, 5.41) is 5.88. The van der Waals surface area contributed by atoms with Gasteiger partial charge in [-0.3, -0.25) is 4.79 Å². The number of alkyl halides is 3. The molecule has 1 fully saturated rings. The molecule has 3 rings (SSSR count). The molecule has 0 aliphatic heterocycles. The summed E-state index contributed by atoms with van der Waals surface area (Å²) in [6.45, 7) is 1.88. The molecule has 1 saturated carbocycles. The van der Waals surface area contributed by atoms with E-state index in [1.54, 1.807) is 0 Å². The predicted molar refractivity (Wildman–Crippen MR) is 99.2 cm³/mol. The summed E-state index contributed by atoms with van der Waals surface area (Å²) in [7, 11) is 0. The van der Waals surface area contributed by atoms with E-state index in [1.807, 2.05) is 25.1 Å². The zero-order valence-electron chi connectivity index (χ0n) is 15.1. The molecule has 2 atom stereocenters. The fourth-order valence-corrected chi connectivity index (χ4v) is 3.28. The van der Waals surface area contributed by atoms with Crippen LogP contribution in [0.4, 0.5) is 18.9 Å². The van der Waals surface area contributed by atoms with Crippen LogP contribution in [0.25, 0.3) is 0 Å². The SMILES string of the molecule is CC(CC(=O)Nc1ccccc1C(F)(F)F)NC(c1ccccc1)C1CC1. The van der Waals surface area contributed by atoms with Crippen LogP contribution in [0.15, 0.2) is 54.6 Å². The third-order valence-corrected chi connectivity index (χ3v) is 4.71. The minimum atomic E-state index is -4.50. The number of amides is 1. The Balaban J connectivity index is 1.61.